The highest BCUT2D eigenvalue weighted by Gasteiger charge is 2.16. The van der Waals surface area contributed by atoms with Crippen LogP contribution in [-0.2, 0) is 13.1 Å². The highest BCUT2D eigenvalue weighted by Crippen LogP contribution is 2.24. The SMILES string of the molecule is COc1ccc(CN2CCNCC2)cc1CN1CCCC1. The number of nitrogens with zero attached hydrogens (tertiary/aromatic N) is 2. The normalized spacial score (nSPS) is 20.8. The zero-order valence-corrected chi connectivity index (χ0v) is 13.1. The van der Waals surface area contributed by atoms with Gasteiger partial charge in [0.1, 0.15) is 5.75 Å². The van der Waals surface area contributed by atoms with E-state index in [1.165, 1.54) is 37.1 Å². The fraction of sp³-hybridized carbons (Fsp3) is 0.647. The third kappa shape index (κ3) is 3.96. The second-order valence-electron chi connectivity index (χ2n) is 6.16. The summed E-state index contributed by atoms with van der Waals surface area (Å²) in [6.07, 6.45) is 2.67. The first-order valence-electron chi connectivity index (χ1n) is 8.16. The molecule has 2 aliphatic heterocycles. The Morgan fingerprint density at radius 2 is 1.71 bits per heavy atom. The summed E-state index contributed by atoms with van der Waals surface area (Å²) in [6, 6.07) is 6.70. The minimum atomic E-state index is 1.03. The summed E-state index contributed by atoms with van der Waals surface area (Å²) in [6.45, 7) is 9.04. The van der Waals surface area contributed by atoms with Crippen molar-refractivity contribution in [2.75, 3.05) is 46.4 Å². The molecule has 0 radical (unpaired) electrons. The fourth-order valence-corrected chi connectivity index (χ4v) is 3.36. The van der Waals surface area contributed by atoms with Crippen LogP contribution in [0.4, 0.5) is 0 Å². The number of nitrogens with one attached hydrogen (secondary N) is 1. The minimum Gasteiger partial charge on any atom is -0.496 e. The van der Waals surface area contributed by atoms with Gasteiger partial charge < -0.3 is 10.1 Å². The number of ether oxygens (including phenoxy) is 1. The highest BCUT2D eigenvalue weighted by molar-refractivity contribution is 5.37. The van der Waals surface area contributed by atoms with E-state index in [1.54, 1.807) is 7.11 Å². The zero-order valence-electron chi connectivity index (χ0n) is 13.1. The lowest BCUT2D eigenvalue weighted by atomic mass is 10.1. The van der Waals surface area contributed by atoms with E-state index in [0.29, 0.717) is 0 Å². The van der Waals surface area contributed by atoms with Crippen molar-refractivity contribution < 1.29 is 4.74 Å². The van der Waals surface area contributed by atoms with Gasteiger partial charge in [-0.2, -0.15) is 0 Å². The molecule has 2 aliphatic rings. The Labute approximate surface area is 128 Å². The second kappa shape index (κ2) is 7.25. The van der Waals surface area contributed by atoms with Crippen LogP contribution in [0.25, 0.3) is 0 Å². The smallest absolute Gasteiger partial charge is 0.123 e. The van der Waals surface area contributed by atoms with E-state index in [1.807, 2.05) is 0 Å². The van der Waals surface area contributed by atoms with Gasteiger partial charge in [-0.05, 0) is 43.6 Å². The molecule has 0 atom stereocenters. The number of likely N-dealkylation sites (tertiary alicyclic amines) is 1. The van der Waals surface area contributed by atoms with Crippen LogP contribution in [0.15, 0.2) is 18.2 Å². The quantitative estimate of drug-likeness (QED) is 0.893. The van der Waals surface area contributed by atoms with E-state index in [9.17, 15) is 0 Å². The summed E-state index contributed by atoms with van der Waals surface area (Å²) in [4.78, 5) is 5.06. The predicted molar refractivity (Wildman–Crippen MR) is 85.7 cm³/mol. The maximum absolute atomic E-state index is 5.55. The van der Waals surface area contributed by atoms with Crippen LogP contribution in [0.2, 0.25) is 0 Å². The second-order valence-corrected chi connectivity index (χ2v) is 6.16. The van der Waals surface area contributed by atoms with Crippen LogP contribution in [0.1, 0.15) is 24.0 Å². The lowest BCUT2D eigenvalue weighted by Gasteiger charge is -2.27. The van der Waals surface area contributed by atoms with Crippen molar-refractivity contribution in [2.45, 2.75) is 25.9 Å². The summed E-state index contributed by atoms with van der Waals surface area (Å²) in [5.74, 6) is 1.03. The lowest BCUT2D eigenvalue weighted by Crippen LogP contribution is -2.42. The molecule has 3 rings (SSSR count). The van der Waals surface area contributed by atoms with E-state index in [4.69, 9.17) is 4.74 Å². The van der Waals surface area contributed by atoms with Gasteiger partial charge in [0, 0.05) is 44.8 Å². The van der Waals surface area contributed by atoms with Gasteiger partial charge in [-0.1, -0.05) is 6.07 Å². The molecule has 0 amide bonds. The van der Waals surface area contributed by atoms with E-state index >= 15 is 0 Å². The largest absolute Gasteiger partial charge is 0.496 e. The molecule has 2 saturated heterocycles. The van der Waals surface area contributed by atoms with E-state index in [-0.39, 0.29) is 0 Å². The van der Waals surface area contributed by atoms with Crippen LogP contribution in [0.5, 0.6) is 5.75 Å². The molecule has 1 aromatic carbocycles. The molecule has 1 aromatic rings. The number of hydrogen-bond donors (Lipinski definition) is 1. The van der Waals surface area contributed by atoms with Gasteiger partial charge in [-0.3, -0.25) is 9.80 Å². The van der Waals surface area contributed by atoms with E-state index < -0.39 is 0 Å². The van der Waals surface area contributed by atoms with Crippen LogP contribution >= 0.6 is 0 Å². The van der Waals surface area contributed by atoms with Crippen molar-refractivity contribution in [1.82, 2.24) is 15.1 Å². The topological polar surface area (TPSA) is 27.7 Å². The standard InChI is InChI=1S/C17H27N3O/c1-21-17-5-4-15(13-20-10-6-18-7-11-20)12-16(17)14-19-8-2-3-9-19/h4-5,12,18H,2-3,6-11,13-14H2,1H3. The molecule has 1 N–H and O–H groups in total. The Hall–Kier alpha value is -1.10. The molecule has 4 nitrogen and oxygen atoms in total. The minimum absolute atomic E-state index is 1.03. The summed E-state index contributed by atoms with van der Waals surface area (Å²) in [7, 11) is 1.78. The molecule has 4 heteroatoms. The van der Waals surface area contributed by atoms with Crippen molar-refractivity contribution >= 4 is 0 Å². The molecular weight excluding hydrogens is 262 g/mol. The summed E-state index contributed by atoms with van der Waals surface area (Å²) >= 11 is 0. The molecule has 0 bridgehead atoms. The van der Waals surface area contributed by atoms with E-state index in [2.05, 4.69) is 33.3 Å². The van der Waals surface area contributed by atoms with Gasteiger partial charge >= 0.3 is 0 Å². The number of piperazine rings is 1. The van der Waals surface area contributed by atoms with Crippen molar-refractivity contribution in [1.29, 1.82) is 0 Å². The average molecular weight is 289 g/mol. The molecule has 0 aromatic heterocycles. The number of hydrogen-bond acceptors (Lipinski definition) is 4. The Bertz CT molecular complexity index is 451. The van der Waals surface area contributed by atoms with Gasteiger partial charge in [0.25, 0.3) is 0 Å². The lowest BCUT2D eigenvalue weighted by molar-refractivity contribution is 0.233. The Morgan fingerprint density at radius 1 is 1.00 bits per heavy atom. The molecule has 0 unspecified atom stereocenters. The summed E-state index contributed by atoms with van der Waals surface area (Å²) in [5.41, 5.74) is 2.75. The van der Waals surface area contributed by atoms with Gasteiger partial charge in [-0.15, -0.1) is 0 Å². The van der Waals surface area contributed by atoms with Crippen LogP contribution in [0.3, 0.4) is 0 Å². The van der Waals surface area contributed by atoms with Gasteiger partial charge in [0.05, 0.1) is 7.11 Å². The molecule has 2 fully saturated rings. The first-order valence-corrected chi connectivity index (χ1v) is 8.16. The maximum Gasteiger partial charge on any atom is 0.123 e. The molecule has 116 valence electrons. The van der Waals surface area contributed by atoms with Gasteiger partial charge in [0.2, 0.25) is 0 Å². The van der Waals surface area contributed by atoms with Crippen molar-refractivity contribution in [3.8, 4) is 5.75 Å². The van der Waals surface area contributed by atoms with E-state index in [0.717, 1.165) is 45.0 Å². The third-order valence-corrected chi connectivity index (χ3v) is 4.55. The average Bonchev–Trinajstić information content (AvgIpc) is 3.02. The Balaban J connectivity index is 1.69. The first-order chi connectivity index (χ1) is 10.3. The van der Waals surface area contributed by atoms with Crippen molar-refractivity contribution in [3.63, 3.8) is 0 Å². The fourth-order valence-electron chi connectivity index (χ4n) is 3.36. The molecular formula is C17H27N3O. The number of rotatable bonds is 5. The molecule has 0 saturated carbocycles. The van der Waals surface area contributed by atoms with Crippen molar-refractivity contribution in [3.05, 3.63) is 29.3 Å². The number of benzene rings is 1. The zero-order chi connectivity index (χ0) is 14.5. The molecule has 21 heavy (non-hydrogen) atoms. The van der Waals surface area contributed by atoms with Gasteiger partial charge in [-0.25, -0.2) is 0 Å². The molecule has 2 heterocycles. The summed E-state index contributed by atoms with van der Waals surface area (Å²) < 4.78 is 5.55. The number of methoxy groups -OCH3 is 1. The Kier molecular flexibility index (Phi) is 5.12. The highest BCUT2D eigenvalue weighted by atomic mass is 16.5. The van der Waals surface area contributed by atoms with Crippen LogP contribution in [-0.4, -0.2) is 56.2 Å². The van der Waals surface area contributed by atoms with Crippen molar-refractivity contribution in [2.24, 2.45) is 0 Å². The monoisotopic (exact) mass is 289 g/mol. The maximum atomic E-state index is 5.55. The Morgan fingerprint density at radius 3 is 2.43 bits per heavy atom. The van der Waals surface area contributed by atoms with Crippen LogP contribution < -0.4 is 10.1 Å². The molecule has 0 spiro atoms. The third-order valence-electron chi connectivity index (χ3n) is 4.55. The van der Waals surface area contributed by atoms with Crippen LogP contribution in [0, 0.1) is 0 Å². The molecule has 0 aliphatic carbocycles. The summed E-state index contributed by atoms with van der Waals surface area (Å²) in [5, 5.41) is 3.41. The predicted octanol–water partition coefficient (Wildman–Crippen LogP) is 1.70. The first kappa shape index (κ1) is 14.8. The van der Waals surface area contributed by atoms with Gasteiger partial charge in [0.15, 0.2) is 0 Å².